The molecule has 0 bridgehead atoms. The lowest BCUT2D eigenvalue weighted by Gasteiger charge is -2.26. The number of likely N-dealkylation sites (tertiary alicyclic amines) is 1. The number of carbonyl (C=O) groups is 1. The van der Waals surface area contributed by atoms with Crippen molar-refractivity contribution in [3.63, 3.8) is 0 Å². The largest absolute Gasteiger partial charge is 0.490 e. The zero-order chi connectivity index (χ0) is 20.5. The summed E-state index contributed by atoms with van der Waals surface area (Å²) in [6, 6.07) is 15.8. The van der Waals surface area contributed by atoms with Gasteiger partial charge in [-0.05, 0) is 67.8 Å². The van der Waals surface area contributed by atoms with Gasteiger partial charge in [0.1, 0.15) is 0 Å². The Labute approximate surface area is 176 Å². The molecule has 1 amide bonds. The summed E-state index contributed by atoms with van der Waals surface area (Å²) < 4.78 is 13.5. The molecule has 2 aromatic carbocycles. The van der Waals surface area contributed by atoms with E-state index in [1.54, 1.807) is 6.20 Å². The van der Waals surface area contributed by atoms with Gasteiger partial charge in [-0.3, -0.25) is 4.79 Å². The molecule has 5 rings (SSSR count). The van der Waals surface area contributed by atoms with Crippen LogP contribution in [0.4, 0.5) is 0 Å². The van der Waals surface area contributed by atoms with Crippen LogP contribution in [0.25, 0.3) is 5.69 Å². The molecule has 1 saturated heterocycles. The molecule has 3 aromatic rings. The van der Waals surface area contributed by atoms with Gasteiger partial charge >= 0.3 is 0 Å². The van der Waals surface area contributed by atoms with E-state index in [0.717, 1.165) is 54.3 Å². The molecule has 3 heterocycles. The highest BCUT2D eigenvalue weighted by molar-refractivity contribution is 5.95. The van der Waals surface area contributed by atoms with Gasteiger partial charge in [0.25, 0.3) is 5.91 Å². The first kappa shape index (κ1) is 18.7. The second-order valence-electron chi connectivity index (χ2n) is 7.84. The molecule has 0 aliphatic carbocycles. The Hall–Kier alpha value is -3.28. The van der Waals surface area contributed by atoms with Crippen LogP contribution in [-0.4, -0.2) is 40.3 Å². The van der Waals surface area contributed by atoms with Crippen molar-refractivity contribution in [1.29, 1.82) is 0 Å². The van der Waals surface area contributed by atoms with Gasteiger partial charge in [0.2, 0.25) is 0 Å². The number of hydrogen-bond acceptors (Lipinski definition) is 4. The van der Waals surface area contributed by atoms with Gasteiger partial charge in [-0.1, -0.05) is 6.07 Å². The normalized spacial score (nSPS) is 18.3. The van der Waals surface area contributed by atoms with E-state index in [1.807, 2.05) is 59.0 Å². The minimum Gasteiger partial charge on any atom is -0.490 e. The van der Waals surface area contributed by atoms with Gasteiger partial charge in [-0.2, -0.15) is 5.10 Å². The maximum absolute atomic E-state index is 13.3. The third kappa shape index (κ3) is 3.43. The number of amides is 1. The molecule has 0 unspecified atom stereocenters. The quantitative estimate of drug-likeness (QED) is 0.654. The smallest absolute Gasteiger partial charge is 0.254 e. The maximum Gasteiger partial charge on any atom is 0.254 e. The fourth-order valence-electron chi connectivity index (χ4n) is 4.29. The summed E-state index contributed by atoms with van der Waals surface area (Å²) in [6.07, 6.45) is 4.61. The number of aromatic nitrogens is 2. The van der Waals surface area contributed by atoms with Crippen molar-refractivity contribution in [3.8, 4) is 17.2 Å². The zero-order valence-electron chi connectivity index (χ0n) is 17.1. The van der Waals surface area contributed by atoms with E-state index < -0.39 is 0 Å². The molecule has 0 saturated carbocycles. The third-order valence-electron chi connectivity index (χ3n) is 5.86. The minimum absolute atomic E-state index is 0.0580. The molecule has 30 heavy (non-hydrogen) atoms. The number of rotatable bonds is 3. The van der Waals surface area contributed by atoms with Crippen molar-refractivity contribution in [2.75, 3.05) is 19.8 Å². The van der Waals surface area contributed by atoms with Crippen molar-refractivity contribution in [2.24, 2.45) is 0 Å². The van der Waals surface area contributed by atoms with Gasteiger partial charge < -0.3 is 14.4 Å². The molecule has 2 aliphatic heterocycles. The second kappa shape index (κ2) is 7.86. The number of hydrogen-bond donors (Lipinski definition) is 0. The Bertz CT molecular complexity index is 1060. The predicted octanol–water partition coefficient (Wildman–Crippen LogP) is 4.32. The fraction of sp³-hybridized carbons (Fsp3) is 0.333. The van der Waals surface area contributed by atoms with Crippen molar-refractivity contribution in [2.45, 2.75) is 32.2 Å². The summed E-state index contributed by atoms with van der Waals surface area (Å²) in [7, 11) is 0. The minimum atomic E-state index is 0.0580. The molecule has 1 fully saturated rings. The molecular weight excluding hydrogens is 378 g/mol. The average Bonchev–Trinajstić information content (AvgIpc) is 3.37. The lowest BCUT2D eigenvalue weighted by molar-refractivity contribution is 0.0735. The Morgan fingerprint density at radius 2 is 1.80 bits per heavy atom. The van der Waals surface area contributed by atoms with Crippen LogP contribution < -0.4 is 9.47 Å². The molecule has 0 radical (unpaired) electrons. The topological polar surface area (TPSA) is 56.6 Å². The van der Waals surface area contributed by atoms with Gasteiger partial charge in [0, 0.05) is 30.4 Å². The number of benzene rings is 2. The summed E-state index contributed by atoms with van der Waals surface area (Å²) in [5, 5.41) is 4.33. The highest BCUT2D eigenvalue weighted by Gasteiger charge is 2.31. The molecule has 154 valence electrons. The number of fused-ring (bicyclic) bond motifs is 1. The van der Waals surface area contributed by atoms with Crippen LogP contribution in [0, 0.1) is 6.92 Å². The highest BCUT2D eigenvalue weighted by atomic mass is 16.5. The third-order valence-corrected chi connectivity index (χ3v) is 5.86. The monoisotopic (exact) mass is 403 g/mol. The first-order chi connectivity index (χ1) is 14.7. The summed E-state index contributed by atoms with van der Waals surface area (Å²) >= 11 is 0. The fourth-order valence-corrected chi connectivity index (χ4v) is 4.29. The van der Waals surface area contributed by atoms with Gasteiger partial charge in [-0.15, -0.1) is 0 Å². The van der Waals surface area contributed by atoms with Gasteiger partial charge in [-0.25, -0.2) is 4.68 Å². The van der Waals surface area contributed by atoms with Crippen molar-refractivity contribution in [3.05, 3.63) is 71.5 Å². The van der Waals surface area contributed by atoms with Crippen LogP contribution in [0.2, 0.25) is 0 Å². The number of ether oxygens (including phenoxy) is 2. The number of nitrogens with zero attached hydrogens (tertiary/aromatic N) is 3. The first-order valence-corrected chi connectivity index (χ1v) is 10.5. The number of carbonyl (C=O) groups excluding carboxylic acids is 1. The van der Waals surface area contributed by atoms with E-state index in [2.05, 4.69) is 11.2 Å². The Kier molecular flexibility index (Phi) is 4.91. The van der Waals surface area contributed by atoms with Crippen LogP contribution in [-0.2, 0) is 0 Å². The standard InChI is InChI=1S/C24H25N3O3/c1-17-11-12-25-27(17)20-8-5-18(6-9-20)24(28)26-13-2-4-21(26)19-7-10-22-23(16-19)30-15-3-14-29-22/h5-12,16,21H,2-4,13-15H2,1H3/t21-/m0/s1. The Morgan fingerprint density at radius 1 is 1.00 bits per heavy atom. The van der Waals surface area contributed by atoms with E-state index in [0.29, 0.717) is 18.8 Å². The van der Waals surface area contributed by atoms with E-state index >= 15 is 0 Å². The Balaban J connectivity index is 1.38. The summed E-state index contributed by atoms with van der Waals surface area (Å²) in [5.74, 6) is 1.63. The molecule has 1 aromatic heterocycles. The van der Waals surface area contributed by atoms with Crippen LogP contribution in [0.15, 0.2) is 54.7 Å². The van der Waals surface area contributed by atoms with Crippen LogP contribution in [0.3, 0.4) is 0 Å². The van der Waals surface area contributed by atoms with Crippen molar-refractivity contribution >= 4 is 5.91 Å². The van der Waals surface area contributed by atoms with Gasteiger partial charge in [0.15, 0.2) is 11.5 Å². The van der Waals surface area contributed by atoms with Gasteiger partial charge in [0.05, 0.1) is 24.9 Å². The molecule has 1 atom stereocenters. The lowest BCUT2D eigenvalue weighted by atomic mass is 10.0. The van der Waals surface area contributed by atoms with Crippen molar-refractivity contribution < 1.29 is 14.3 Å². The SMILES string of the molecule is Cc1ccnn1-c1ccc(C(=O)N2CCC[C@H]2c2ccc3c(c2)OCCCO3)cc1. The van der Waals surface area contributed by atoms with E-state index in [-0.39, 0.29) is 11.9 Å². The summed E-state index contributed by atoms with van der Waals surface area (Å²) in [4.78, 5) is 15.3. The van der Waals surface area contributed by atoms with Crippen LogP contribution in [0.1, 0.15) is 46.9 Å². The molecule has 6 heteroatoms. The molecule has 6 nitrogen and oxygen atoms in total. The van der Waals surface area contributed by atoms with Crippen LogP contribution in [0.5, 0.6) is 11.5 Å². The van der Waals surface area contributed by atoms with Crippen LogP contribution >= 0.6 is 0 Å². The molecular formula is C24H25N3O3. The predicted molar refractivity (Wildman–Crippen MR) is 113 cm³/mol. The Morgan fingerprint density at radius 3 is 2.57 bits per heavy atom. The van der Waals surface area contributed by atoms with E-state index in [1.165, 1.54) is 0 Å². The maximum atomic E-state index is 13.3. The lowest BCUT2D eigenvalue weighted by Crippen LogP contribution is -2.30. The van der Waals surface area contributed by atoms with E-state index in [4.69, 9.17) is 9.47 Å². The van der Waals surface area contributed by atoms with E-state index in [9.17, 15) is 4.79 Å². The molecule has 2 aliphatic rings. The summed E-state index contributed by atoms with van der Waals surface area (Å²) in [5.41, 5.74) is 3.82. The number of aryl methyl sites for hydroxylation is 1. The molecule has 0 N–H and O–H groups in total. The first-order valence-electron chi connectivity index (χ1n) is 10.5. The second-order valence-corrected chi connectivity index (χ2v) is 7.84. The van der Waals surface area contributed by atoms with Crippen molar-refractivity contribution in [1.82, 2.24) is 14.7 Å². The zero-order valence-corrected chi connectivity index (χ0v) is 17.1. The average molecular weight is 403 g/mol. The summed E-state index contributed by atoms with van der Waals surface area (Å²) in [6.45, 7) is 4.11. The molecule has 0 spiro atoms. The highest BCUT2D eigenvalue weighted by Crippen LogP contribution is 2.38.